The molecule has 1 aromatic carbocycles. The normalized spacial score (nSPS) is 11.1. The summed E-state index contributed by atoms with van der Waals surface area (Å²) in [6, 6.07) is 9.02. The van der Waals surface area contributed by atoms with Crippen molar-refractivity contribution < 1.29 is 13.9 Å². The van der Waals surface area contributed by atoms with Crippen LogP contribution >= 0.6 is 0 Å². The first-order valence-corrected chi connectivity index (χ1v) is 5.82. The molecule has 5 nitrogen and oxygen atoms in total. The van der Waals surface area contributed by atoms with Crippen molar-refractivity contribution in [2.75, 3.05) is 5.32 Å². The maximum atomic E-state index is 11.8. The second-order valence-electron chi connectivity index (χ2n) is 5.04. The number of nitrogens with one attached hydrogen (secondary N) is 1. The molecule has 0 aliphatic carbocycles. The third kappa shape index (κ3) is 2.86. The predicted molar refractivity (Wildman–Crippen MR) is 70.8 cm³/mol. The first-order chi connectivity index (χ1) is 8.90. The van der Waals surface area contributed by atoms with E-state index in [1.807, 2.05) is 6.07 Å². The Bertz CT molecular complexity index is 659. The van der Waals surface area contributed by atoms with Crippen LogP contribution in [-0.4, -0.2) is 11.7 Å². The number of nitriles is 1. The number of rotatable bonds is 1. The van der Waals surface area contributed by atoms with Gasteiger partial charge in [-0.25, -0.2) is 4.79 Å². The van der Waals surface area contributed by atoms with E-state index in [2.05, 4.69) is 5.32 Å². The third-order valence-electron chi connectivity index (χ3n) is 2.32. The lowest BCUT2D eigenvalue weighted by Crippen LogP contribution is -2.27. The van der Waals surface area contributed by atoms with Crippen molar-refractivity contribution in [3.05, 3.63) is 30.0 Å². The highest BCUT2D eigenvalue weighted by Crippen LogP contribution is 2.30. The van der Waals surface area contributed by atoms with E-state index in [4.69, 9.17) is 14.4 Å². The summed E-state index contributed by atoms with van der Waals surface area (Å²) in [4.78, 5) is 11.8. The molecule has 1 amide bonds. The number of nitrogens with zero attached hydrogens (tertiary/aromatic N) is 1. The van der Waals surface area contributed by atoms with E-state index in [-0.39, 0.29) is 5.76 Å². The fraction of sp³-hybridized carbons (Fsp3) is 0.286. The number of fused-ring (bicyclic) bond motifs is 1. The summed E-state index contributed by atoms with van der Waals surface area (Å²) >= 11 is 0. The number of amides is 1. The summed E-state index contributed by atoms with van der Waals surface area (Å²) in [7, 11) is 0. The Kier molecular flexibility index (Phi) is 3.17. The van der Waals surface area contributed by atoms with Crippen LogP contribution in [0.1, 0.15) is 26.5 Å². The van der Waals surface area contributed by atoms with Crippen LogP contribution in [0.15, 0.2) is 28.7 Å². The van der Waals surface area contributed by atoms with Crippen LogP contribution in [0.5, 0.6) is 0 Å². The van der Waals surface area contributed by atoms with Crippen molar-refractivity contribution in [2.24, 2.45) is 0 Å². The van der Waals surface area contributed by atoms with Gasteiger partial charge in [0.05, 0.1) is 0 Å². The molecule has 0 aliphatic rings. The van der Waals surface area contributed by atoms with Crippen molar-refractivity contribution in [1.82, 2.24) is 0 Å². The quantitative estimate of drug-likeness (QED) is 0.847. The number of hydrogen-bond donors (Lipinski definition) is 1. The maximum absolute atomic E-state index is 11.8. The molecule has 1 N–H and O–H groups in total. The van der Waals surface area contributed by atoms with Crippen molar-refractivity contribution in [3.8, 4) is 6.07 Å². The van der Waals surface area contributed by atoms with E-state index in [1.165, 1.54) is 0 Å². The summed E-state index contributed by atoms with van der Waals surface area (Å²) in [6.45, 7) is 5.31. The fourth-order valence-electron chi connectivity index (χ4n) is 1.65. The molecular weight excluding hydrogens is 244 g/mol. The number of ether oxygens (including phenoxy) is 1. The van der Waals surface area contributed by atoms with Gasteiger partial charge in [-0.3, -0.25) is 5.32 Å². The molecule has 0 saturated carbocycles. The van der Waals surface area contributed by atoms with Gasteiger partial charge in [-0.1, -0.05) is 12.1 Å². The molecule has 0 atom stereocenters. The van der Waals surface area contributed by atoms with Crippen LogP contribution in [0.4, 0.5) is 10.5 Å². The van der Waals surface area contributed by atoms with Gasteiger partial charge in [0.15, 0.2) is 0 Å². The number of furan rings is 1. The van der Waals surface area contributed by atoms with Crippen LogP contribution < -0.4 is 5.32 Å². The Balaban J connectivity index is 2.35. The summed E-state index contributed by atoms with van der Waals surface area (Å²) in [5.74, 6) is 0.0621. The number of carbonyl (C=O) groups excluding carboxylic acids is 1. The van der Waals surface area contributed by atoms with Crippen LogP contribution in [0.3, 0.4) is 0 Å². The van der Waals surface area contributed by atoms with Gasteiger partial charge in [-0.15, -0.1) is 0 Å². The molecule has 0 saturated heterocycles. The molecule has 19 heavy (non-hydrogen) atoms. The Morgan fingerprint density at radius 1 is 1.37 bits per heavy atom. The standard InChI is InChI=1S/C14H14N2O3/c1-14(2,3)19-13(17)16-12-9-6-4-5-7-10(9)18-11(12)8-15/h4-7H,1-3H3,(H,16,17). The third-order valence-corrected chi connectivity index (χ3v) is 2.32. The van der Waals surface area contributed by atoms with Crippen LogP contribution in [0.25, 0.3) is 11.0 Å². The highest BCUT2D eigenvalue weighted by molar-refractivity contribution is 6.00. The number of anilines is 1. The van der Waals surface area contributed by atoms with Crippen molar-refractivity contribution >= 4 is 22.7 Å². The van der Waals surface area contributed by atoms with E-state index in [0.29, 0.717) is 16.7 Å². The SMILES string of the molecule is CC(C)(C)OC(=O)Nc1c(C#N)oc2ccccc12. The average molecular weight is 258 g/mol. The van der Waals surface area contributed by atoms with E-state index >= 15 is 0 Å². The average Bonchev–Trinajstić information content (AvgIpc) is 2.65. The minimum absolute atomic E-state index is 0.0621. The predicted octanol–water partition coefficient (Wildman–Crippen LogP) is 3.65. The molecule has 98 valence electrons. The van der Waals surface area contributed by atoms with Crippen molar-refractivity contribution in [3.63, 3.8) is 0 Å². The minimum atomic E-state index is -0.615. The summed E-state index contributed by atoms with van der Waals surface area (Å²) < 4.78 is 10.5. The minimum Gasteiger partial charge on any atom is -0.444 e. The second-order valence-corrected chi connectivity index (χ2v) is 5.04. The van der Waals surface area contributed by atoms with E-state index in [9.17, 15) is 4.79 Å². The molecule has 1 heterocycles. The Morgan fingerprint density at radius 2 is 2.05 bits per heavy atom. The number of hydrogen-bond acceptors (Lipinski definition) is 4. The molecular formula is C14H14N2O3. The molecule has 2 aromatic rings. The molecule has 2 rings (SSSR count). The van der Waals surface area contributed by atoms with Gasteiger partial charge in [0.25, 0.3) is 0 Å². The second kappa shape index (κ2) is 4.65. The monoisotopic (exact) mass is 258 g/mol. The van der Waals surface area contributed by atoms with Gasteiger partial charge in [-0.2, -0.15) is 5.26 Å². The Morgan fingerprint density at radius 3 is 2.68 bits per heavy atom. The lowest BCUT2D eigenvalue weighted by Gasteiger charge is -2.19. The van der Waals surface area contributed by atoms with Gasteiger partial charge in [-0.05, 0) is 32.9 Å². The molecule has 0 fully saturated rings. The van der Waals surface area contributed by atoms with Gasteiger partial charge in [0, 0.05) is 5.39 Å². The molecule has 0 radical (unpaired) electrons. The largest absolute Gasteiger partial charge is 0.444 e. The molecule has 5 heteroatoms. The zero-order valence-corrected chi connectivity index (χ0v) is 11.0. The number of benzene rings is 1. The number of carbonyl (C=O) groups is 1. The van der Waals surface area contributed by atoms with E-state index < -0.39 is 11.7 Å². The van der Waals surface area contributed by atoms with Gasteiger partial charge < -0.3 is 9.15 Å². The first-order valence-electron chi connectivity index (χ1n) is 5.82. The van der Waals surface area contributed by atoms with E-state index in [0.717, 1.165) is 0 Å². The van der Waals surface area contributed by atoms with E-state index in [1.54, 1.807) is 45.0 Å². The molecule has 0 aliphatic heterocycles. The van der Waals surface area contributed by atoms with Crippen molar-refractivity contribution in [2.45, 2.75) is 26.4 Å². The summed E-state index contributed by atoms with van der Waals surface area (Å²) in [5.41, 5.74) is 0.286. The van der Waals surface area contributed by atoms with Crippen LogP contribution in [0.2, 0.25) is 0 Å². The van der Waals surface area contributed by atoms with Crippen LogP contribution in [-0.2, 0) is 4.74 Å². The zero-order chi connectivity index (χ0) is 14.0. The maximum Gasteiger partial charge on any atom is 0.412 e. The molecule has 1 aromatic heterocycles. The number of para-hydroxylation sites is 1. The van der Waals surface area contributed by atoms with Gasteiger partial charge in [0.1, 0.15) is 22.9 Å². The topological polar surface area (TPSA) is 75.3 Å². The zero-order valence-electron chi connectivity index (χ0n) is 11.0. The highest BCUT2D eigenvalue weighted by Gasteiger charge is 2.20. The Hall–Kier alpha value is -2.48. The fourth-order valence-corrected chi connectivity index (χ4v) is 1.65. The van der Waals surface area contributed by atoms with Crippen molar-refractivity contribution in [1.29, 1.82) is 5.26 Å². The summed E-state index contributed by atoms with van der Waals surface area (Å²) in [6.07, 6.45) is -0.615. The van der Waals surface area contributed by atoms with Gasteiger partial charge in [0.2, 0.25) is 5.76 Å². The molecule has 0 bridgehead atoms. The molecule has 0 unspecified atom stereocenters. The lowest BCUT2D eigenvalue weighted by atomic mass is 10.2. The highest BCUT2D eigenvalue weighted by atomic mass is 16.6. The molecule has 0 spiro atoms. The van der Waals surface area contributed by atoms with Crippen LogP contribution in [0, 0.1) is 11.3 Å². The Labute approximate surface area is 110 Å². The smallest absolute Gasteiger partial charge is 0.412 e. The van der Waals surface area contributed by atoms with Gasteiger partial charge >= 0.3 is 6.09 Å². The summed E-state index contributed by atoms with van der Waals surface area (Å²) in [5, 5.41) is 12.3. The lowest BCUT2D eigenvalue weighted by molar-refractivity contribution is 0.0636. The first kappa shape index (κ1) is 13.0.